The first-order valence-corrected chi connectivity index (χ1v) is 5.89. The predicted molar refractivity (Wildman–Crippen MR) is 66.3 cm³/mol. The Hall–Kier alpha value is -2.63. The van der Waals surface area contributed by atoms with Gasteiger partial charge in [0.1, 0.15) is 17.6 Å². The number of nitrogens with one attached hydrogen (secondary N) is 1. The zero-order valence-electron chi connectivity index (χ0n) is 10.1. The maximum atomic E-state index is 5.85. The Morgan fingerprint density at radius 1 is 1.26 bits per heavy atom. The minimum atomic E-state index is -0.173. The van der Waals surface area contributed by atoms with Crippen LogP contribution in [0.15, 0.2) is 64.5 Å². The van der Waals surface area contributed by atoms with E-state index in [2.05, 4.69) is 20.9 Å². The van der Waals surface area contributed by atoms with Crippen molar-refractivity contribution in [2.45, 2.75) is 12.5 Å². The third kappa shape index (κ3) is 2.79. The van der Waals surface area contributed by atoms with Crippen molar-refractivity contribution in [2.24, 2.45) is 5.22 Å². The Morgan fingerprint density at radius 3 is 2.84 bits per heavy atom. The molecule has 1 aromatic heterocycles. The molecule has 6 heteroatoms. The molecule has 19 heavy (non-hydrogen) atoms. The highest BCUT2D eigenvalue weighted by Crippen LogP contribution is 2.24. The number of nitrogens with zero attached hydrogens (tertiary/aromatic N) is 3. The van der Waals surface area contributed by atoms with Gasteiger partial charge in [-0.2, -0.15) is 0 Å². The van der Waals surface area contributed by atoms with Crippen LogP contribution in [0.1, 0.15) is 17.4 Å². The summed E-state index contributed by atoms with van der Waals surface area (Å²) in [5, 5.41) is 11.2. The molecular weight excluding hydrogens is 244 g/mol. The van der Waals surface area contributed by atoms with Crippen LogP contribution in [0.4, 0.5) is 0 Å². The minimum absolute atomic E-state index is 0.173. The van der Waals surface area contributed by atoms with Crippen molar-refractivity contribution >= 4 is 0 Å². The summed E-state index contributed by atoms with van der Waals surface area (Å²) in [5.41, 5.74) is 4.58. The molecule has 1 radical (unpaired) electrons. The Balaban J connectivity index is 1.78. The molecule has 0 amide bonds. The van der Waals surface area contributed by atoms with E-state index in [1.807, 2.05) is 36.4 Å². The molecule has 1 aliphatic heterocycles. The van der Waals surface area contributed by atoms with Crippen molar-refractivity contribution in [3.8, 4) is 0 Å². The molecule has 1 aliphatic rings. The van der Waals surface area contributed by atoms with Gasteiger partial charge >= 0.3 is 5.88 Å². The molecule has 6 nitrogen and oxygen atoms in total. The monoisotopic (exact) mass is 256 g/mol. The fourth-order valence-electron chi connectivity index (χ4n) is 1.83. The molecule has 0 saturated carbocycles. The molecule has 0 fully saturated rings. The van der Waals surface area contributed by atoms with Crippen LogP contribution in [0, 0.1) is 0 Å². The molecule has 0 spiro atoms. The topological polar surface area (TPSA) is 73.8 Å². The highest BCUT2D eigenvalue weighted by Gasteiger charge is 2.21. The van der Waals surface area contributed by atoms with Crippen LogP contribution in [0.25, 0.3) is 0 Å². The van der Waals surface area contributed by atoms with E-state index < -0.39 is 0 Å². The van der Waals surface area contributed by atoms with Crippen LogP contribution in [0.2, 0.25) is 0 Å². The van der Waals surface area contributed by atoms with Gasteiger partial charge in [-0.05, 0) is 5.56 Å². The second kappa shape index (κ2) is 5.34. The van der Waals surface area contributed by atoms with E-state index in [0.717, 1.165) is 11.3 Å². The molecule has 1 atom stereocenters. The van der Waals surface area contributed by atoms with Crippen molar-refractivity contribution in [3.63, 3.8) is 0 Å². The van der Waals surface area contributed by atoms with Crippen LogP contribution in [-0.2, 0) is 11.2 Å². The van der Waals surface area contributed by atoms with Gasteiger partial charge in [-0.3, -0.25) is 0 Å². The Kier molecular flexibility index (Phi) is 3.22. The molecule has 95 valence electrons. The molecule has 2 heterocycles. The third-order valence-corrected chi connectivity index (χ3v) is 2.72. The Morgan fingerprint density at radius 2 is 2.16 bits per heavy atom. The van der Waals surface area contributed by atoms with Gasteiger partial charge in [0.25, 0.3) is 6.20 Å². The van der Waals surface area contributed by atoms with Gasteiger partial charge in [0, 0.05) is 12.5 Å². The summed E-state index contributed by atoms with van der Waals surface area (Å²) < 4.78 is 10.7. The number of benzene rings is 1. The Bertz CT molecular complexity index is 578. The highest BCUT2D eigenvalue weighted by molar-refractivity contribution is 5.20. The average Bonchev–Trinajstić information content (AvgIpc) is 3.12. The van der Waals surface area contributed by atoms with Gasteiger partial charge in [0.05, 0.1) is 10.8 Å². The maximum absolute atomic E-state index is 5.85. The normalized spacial score (nSPS) is 14.8. The van der Waals surface area contributed by atoms with Crippen molar-refractivity contribution in [1.82, 2.24) is 15.7 Å². The van der Waals surface area contributed by atoms with E-state index >= 15 is 0 Å². The lowest BCUT2D eigenvalue weighted by Crippen LogP contribution is -2.13. The zero-order valence-corrected chi connectivity index (χ0v) is 10.1. The fraction of sp³-hybridized carbons (Fsp3) is 0.154. The second-order valence-corrected chi connectivity index (χ2v) is 4.03. The molecule has 2 aromatic rings. The van der Waals surface area contributed by atoms with E-state index in [-0.39, 0.29) is 6.10 Å². The third-order valence-electron chi connectivity index (χ3n) is 2.72. The molecule has 0 saturated heterocycles. The van der Waals surface area contributed by atoms with E-state index in [4.69, 9.17) is 9.26 Å². The van der Waals surface area contributed by atoms with E-state index in [0.29, 0.717) is 12.3 Å². The number of rotatable bonds is 5. The van der Waals surface area contributed by atoms with Gasteiger partial charge < -0.3 is 9.26 Å². The second-order valence-electron chi connectivity index (χ2n) is 4.03. The molecule has 1 aromatic carbocycles. The minimum Gasteiger partial charge on any atom is -0.450 e. The smallest absolute Gasteiger partial charge is 0.351 e. The zero-order chi connectivity index (χ0) is 12.9. The summed E-state index contributed by atoms with van der Waals surface area (Å²) in [6.07, 6.45) is 3.53. The molecule has 1 unspecified atom stereocenters. The summed E-state index contributed by atoms with van der Waals surface area (Å²) >= 11 is 0. The molecule has 1 N–H and O–H groups in total. The standard InChI is InChI=1S/C13H12N4O2/c1-2-4-10(5-3-1)12(8-11-6-7-18-16-11)19-13-9-14-17-15-13/h1-7,9,12H,8H2,(H,15,17)/q+1. The summed E-state index contributed by atoms with van der Waals surface area (Å²) in [7, 11) is 0. The fourth-order valence-corrected chi connectivity index (χ4v) is 1.83. The van der Waals surface area contributed by atoms with Crippen LogP contribution in [0.5, 0.6) is 0 Å². The van der Waals surface area contributed by atoms with E-state index in [1.165, 1.54) is 0 Å². The number of hydrogen-bond donors (Lipinski definition) is 1. The first-order valence-electron chi connectivity index (χ1n) is 5.89. The predicted octanol–water partition coefficient (Wildman–Crippen LogP) is 2.08. The lowest BCUT2D eigenvalue weighted by molar-refractivity contribution is 0.102. The quantitative estimate of drug-likeness (QED) is 0.888. The van der Waals surface area contributed by atoms with Gasteiger partial charge in [0.15, 0.2) is 0 Å². The van der Waals surface area contributed by atoms with Crippen molar-refractivity contribution in [1.29, 1.82) is 0 Å². The van der Waals surface area contributed by atoms with Gasteiger partial charge in [-0.25, -0.2) is 0 Å². The van der Waals surface area contributed by atoms with E-state index in [9.17, 15) is 0 Å². The summed E-state index contributed by atoms with van der Waals surface area (Å²) in [4.78, 5) is 0. The summed E-state index contributed by atoms with van der Waals surface area (Å²) in [6, 6.07) is 11.8. The lowest BCUT2D eigenvalue weighted by atomic mass is 10.1. The van der Waals surface area contributed by atoms with Gasteiger partial charge in [-0.15, -0.1) is 5.43 Å². The van der Waals surface area contributed by atoms with E-state index in [1.54, 1.807) is 12.5 Å². The lowest BCUT2D eigenvalue weighted by Gasteiger charge is -2.16. The van der Waals surface area contributed by atoms with Crippen molar-refractivity contribution < 1.29 is 9.26 Å². The average molecular weight is 256 g/mol. The van der Waals surface area contributed by atoms with Crippen molar-refractivity contribution in [2.75, 3.05) is 0 Å². The van der Waals surface area contributed by atoms with Crippen LogP contribution in [0.3, 0.4) is 0 Å². The van der Waals surface area contributed by atoms with Crippen LogP contribution < -0.4 is 10.5 Å². The van der Waals surface area contributed by atoms with Crippen LogP contribution >= 0.6 is 0 Å². The first-order chi connectivity index (χ1) is 9.42. The van der Waals surface area contributed by atoms with Gasteiger partial charge in [-0.1, -0.05) is 35.5 Å². The largest absolute Gasteiger partial charge is 0.450 e. The maximum Gasteiger partial charge on any atom is 0.351 e. The van der Waals surface area contributed by atoms with Gasteiger partial charge in [0.2, 0.25) is 0 Å². The first kappa shape index (κ1) is 11.5. The molecule has 3 rings (SSSR count). The summed E-state index contributed by atoms with van der Waals surface area (Å²) in [6.45, 7) is 0. The van der Waals surface area contributed by atoms with Crippen molar-refractivity contribution in [3.05, 3.63) is 66.0 Å². The molecule has 0 bridgehead atoms. The molecular formula is C13H12N4O2+. The Labute approximate surface area is 109 Å². The van der Waals surface area contributed by atoms with Crippen LogP contribution in [-0.4, -0.2) is 5.16 Å². The summed E-state index contributed by atoms with van der Waals surface area (Å²) in [5.74, 6) is 0.525. The number of hydrogen-bond acceptors (Lipinski definition) is 6. The number of aromatic nitrogens is 1. The SMILES string of the molecule is C1=C(OC(Cc2ccon2)c2ccccc2)NN=[N+]1. The highest BCUT2D eigenvalue weighted by atomic mass is 16.5. The number of ether oxygens (including phenoxy) is 1. The molecule has 0 aliphatic carbocycles.